The molecular weight excluding hydrogens is 308 g/mol. The molecule has 0 aromatic carbocycles. The highest BCUT2D eigenvalue weighted by molar-refractivity contribution is 5.76. The monoisotopic (exact) mass is 336 g/mol. The lowest BCUT2D eigenvalue weighted by molar-refractivity contribution is -0.135. The molecule has 0 saturated carbocycles. The Morgan fingerprint density at radius 1 is 1.25 bits per heavy atom. The second-order valence-electron chi connectivity index (χ2n) is 6.60. The number of likely N-dealkylation sites (tertiary alicyclic amines) is 1. The zero-order valence-corrected chi connectivity index (χ0v) is 14.6. The van der Waals surface area contributed by atoms with E-state index in [1.54, 1.807) is 4.68 Å². The lowest BCUT2D eigenvalue weighted by atomic mass is 9.99. The highest BCUT2D eigenvalue weighted by Crippen LogP contribution is 2.20. The fourth-order valence-electron chi connectivity index (χ4n) is 3.57. The standard InChI is InChI=1S/C16H28N6O2/c1-2-14-5-3-4-7-21(14)16(23)6-8-22-15(17-18-19-22)13-20-9-11-24-12-10-20/h14H,2-13H2,1H3/t14-/m0/s1. The van der Waals surface area contributed by atoms with Gasteiger partial charge in [0.05, 0.1) is 26.3 Å². The number of aryl methyl sites for hydroxylation is 1. The van der Waals surface area contributed by atoms with E-state index in [2.05, 4.69) is 32.2 Å². The number of piperidine rings is 1. The number of carbonyl (C=O) groups is 1. The molecular formula is C16H28N6O2. The lowest BCUT2D eigenvalue weighted by Gasteiger charge is -2.35. The van der Waals surface area contributed by atoms with Crippen LogP contribution in [0.2, 0.25) is 0 Å². The molecule has 1 aromatic rings. The molecule has 0 radical (unpaired) electrons. The van der Waals surface area contributed by atoms with Crippen molar-refractivity contribution < 1.29 is 9.53 Å². The van der Waals surface area contributed by atoms with Gasteiger partial charge < -0.3 is 9.64 Å². The average Bonchev–Trinajstić information content (AvgIpc) is 3.07. The molecule has 0 spiro atoms. The van der Waals surface area contributed by atoms with Crippen LogP contribution >= 0.6 is 0 Å². The maximum absolute atomic E-state index is 12.6. The third-order valence-corrected chi connectivity index (χ3v) is 5.03. The quantitative estimate of drug-likeness (QED) is 0.761. The van der Waals surface area contributed by atoms with Gasteiger partial charge in [-0.15, -0.1) is 5.10 Å². The molecule has 3 heterocycles. The molecule has 2 saturated heterocycles. The van der Waals surface area contributed by atoms with Crippen molar-refractivity contribution >= 4 is 5.91 Å². The number of hydrogen-bond acceptors (Lipinski definition) is 6. The van der Waals surface area contributed by atoms with Crippen LogP contribution in [0.1, 0.15) is 44.9 Å². The molecule has 0 aliphatic carbocycles. The summed E-state index contributed by atoms with van der Waals surface area (Å²) >= 11 is 0. The lowest BCUT2D eigenvalue weighted by Crippen LogP contribution is -2.43. The fourth-order valence-corrected chi connectivity index (χ4v) is 3.57. The minimum Gasteiger partial charge on any atom is -0.379 e. The molecule has 24 heavy (non-hydrogen) atoms. The first-order chi connectivity index (χ1) is 11.8. The van der Waals surface area contributed by atoms with Gasteiger partial charge in [-0.1, -0.05) is 6.92 Å². The van der Waals surface area contributed by atoms with Crippen molar-refractivity contribution in [2.45, 2.75) is 58.2 Å². The largest absolute Gasteiger partial charge is 0.379 e. The maximum atomic E-state index is 12.6. The zero-order chi connectivity index (χ0) is 16.8. The van der Waals surface area contributed by atoms with E-state index in [-0.39, 0.29) is 5.91 Å². The summed E-state index contributed by atoms with van der Waals surface area (Å²) in [5.74, 6) is 1.06. The first-order valence-corrected chi connectivity index (χ1v) is 9.12. The number of morpholine rings is 1. The van der Waals surface area contributed by atoms with Crippen molar-refractivity contribution in [1.82, 2.24) is 30.0 Å². The minimum atomic E-state index is 0.231. The smallest absolute Gasteiger partial charge is 0.224 e. The van der Waals surface area contributed by atoms with Gasteiger partial charge >= 0.3 is 0 Å². The van der Waals surface area contributed by atoms with Crippen molar-refractivity contribution in [2.24, 2.45) is 0 Å². The van der Waals surface area contributed by atoms with Crippen LogP contribution in [0.15, 0.2) is 0 Å². The molecule has 2 aliphatic rings. The first kappa shape index (κ1) is 17.3. The summed E-state index contributed by atoms with van der Waals surface area (Å²) < 4.78 is 7.14. The fraction of sp³-hybridized carbons (Fsp3) is 0.875. The number of tetrazole rings is 1. The molecule has 0 N–H and O–H groups in total. The highest BCUT2D eigenvalue weighted by atomic mass is 16.5. The summed E-state index contributed by atoms with van der Waals surface area (Å²) in [7, 11) is 0. The Morgan fingerprint density at radius 2 is 2.08 bits per heavy atom. The second-order valence-corrected chi connectivity index (χ2v) is 6.60. The van der Waals surface area contributed by atoms with Gasteiger partial charge in [0.2, 0.25) is 5.91 Å². The summed E-state index contributed by atoms with van der Waals surface area (Å²) in [6.07, 6.45) is 5.00. The van der Waals surface area contributed by atoms with Crippen molar-refractivity contribution in [2.75, 3.05) is 32.8 Å². The normalized spacial score (nSPS) is 22.7. The number of nitrogens with zero attached hydrogens (tertiary/aromatic N) is 6. The Labute approximate surface area is 143 Å². The SMILES string of the molecule is CC[C@H]1CCCCN1C(=O)CCn1nnnc1CN1CCOCC1. The van der Waals surface area contributed by atoms with E-state index in [1.165, 1.54) is 6.42 Å². The molecule has 8 heteroatoms. The molecule has 0 bridgehead atoms. The van der Waals surface area contributed by atoms with E-state index < -0.39 is 0 Å². The Morgan fingerprint density at radius 3 is 2.88 bits per heavy atom. The number of hydrogen-bond donors (Lipinski definition) is 0. The third kappa shape index (κ3) is 4.30. The molecule has 1 aromatic heterocycles. The molecule has 2 aliphatic heterocycles. The first-order valence-electron chi connectivity index (χ1n) is 9.12. The van der Waals surface area contributed by atoms with Gasteiger partial charge in [0.25, 0.3) is 0 Å². The number of aromatic nitrogens is 4. The van der Waals surface area contributed by atoms with E-state index in [0.29, 0.717) is 25.6 Å². The summed E-state index contributed by atoms with van der Waals surface area (Å²) in [4.78, 5) is 16.9. The maximum Gasteiger partial charge on any atom is 0.224 e. The number of rotatable bonds is 6. The van der Waals surface area contributed by atoms with Gasteiger partial charge in [0.15, 0.2) is 5.82 Å². The summed E-state index contributed by atoms with van der Waals surface area (Å²) in [5.41, 5.74) is 0. The van der Waals surface area contributed by atoms with Crippen molar-refractivity contribution in [3.05, 3.63) is 5.82 Å². The predicted octanol–water partition coefficient (Wildman–Crippen LogP) is 0.687. The predicted molar refractivity (Wildman–Crippen MR) is 88.2 cm³/mol. The zero-order valence-electron chi connectivity index (χ0n) is 14.6. The molecule has 134 valence electrons. The Bertz CT molecular complexity index is 528. The van der Waals surface area contributed by atoms with Gasteiger partial charge in [0, 0.05) is 32.1 Å². The number of amides is 1. The average molecular weight is 336 g/mol. The van der Waals surface area contributed by atoms with Gasteiger partial charge in [-0.2, -0.15) is 0 Å². The second kappa shape index (κ2) is 8.53. The van der Waals surface area contributed by atoms with Crippen molar-refractivity contribution in [1.29, 1.82) is 0 Å². The van der Waals surface area contributed by atoms with Gasteiger partial charge in [-0.05, 0) is 36.1 Å². The van der Waals surface area contributed by atoms with Gasteiger partial charge in [-0.3, -0.25) is 9.69 Å². The van der Waals surface area contributed by atoms with E-state index in [4.69, 9.17) is 4.74 Å². The van der Waals surface area contributed by atoms with Crippen LogP contribution in [-0.2, 0) is 22.6 Å². The Kier molecular flexibility index (Phi) is 6.14. The number of carbonyl (C=O) groups excluding carboxylic acids is 1. The van der Waals surface area contributed by atoms with Crippen LogP contribution in [0, 0.1) is 0 Å². The van der Waals surface area contributed by atoms with Crippen molar-refractivity contribution in [3.63, 3.8) is 0 Å². The third-order valence-electron chi connectivity index (χ3n) is 5.03. The summed E-state index contributed by atoms with van der Waals surface area (Å²) in [6.45, 7) is 7.65. The van der Waals surface area contributed by atoms with Crippen LogP contribution < -0.4 is 0 Å². The molecule has 1 atom stereocenters. The van der Waals surface area contributed by atoms with Gasteiger partial charge in [0.1, 0.15) is 0 Å². The Hall–Kier alpha value is -1.54. The van der Waals surface area contributed by atoms with Crippen LogP contribution in [-0.4, -0.2) is 74.8 Å². The summed E-state index contributed by atoms with van der Waals surface area (Å²) in [5, 5.41) is 12.0. The van der Waals surface area contributed by atoms with E-state index >= 15 is 0 Å². The van der Waals surface area contributed by atoms with E-state index in [1.807, 2.05) is 0 Å². The van der Waals surface area contributed by atoms with Crippen LogP contribution in [0.5, 0.6) is 0 Å². The van der Waals surface area contributed by atoms with Gasteiger partial charge in [-0.25, -0.2) is 4.68 Å². The van der Waals surface area contributed by atoms with E-state index in [0.717, 1.165) is 57.9 Å². The highest BCUT2D eigenvalue weighted by Gasteiger charge is 2.25. The molecule has 1 amide bonds. The summed E-state index contributed by atoms with van der Waals surface area (Å²) in [6, 6.07) is 0.410. The van der Waals surface area contributed by atoms with E-state index in [9.17, 15) is 4.79 Å². The molecule has 2 fully saturated rings. The van der Waals surface area contributed by atoms with Crippen LogP contribution in [0.3, 0.4) is 0 Å². The molecule has 3 rings (SSSR count). The Balaban J connectivity index is 1.52. The topological polar surface area (TPSA) is 76.4 Å². The van der Waals surface area contributed by atoms with Crippen molar-refractivity contribution in [3.8, 4) is 0 Å². The van der Waals surface area contributed by atoms with Crippen LogP contribution in [0.25, 0.3) is 0 Å². The number of ether oxygens (including phenoxy) is 1. The molecule has 8 nitrogen and oxygen atoms in total. The minimum absolute atomic E-state index is 0.231. The molecule has 0 unspecified atom stereocenters. The van der Waals surface area contributed by atoms with Crippen LogP contribution in [0.4, 0.5) is 0 Å².